The summed E-state index contributed by atoms with van der Waals surface area (Å²) in [5, 5.41) is 10.3. The average Bonchev–Trinajstić information content (AvgIpc) is 2.83. The van der Waals surface area contributed by atoms with Gasteiger partial charge < -0.3 is 14.7 Å². The lowest BCUT2D eigenvalue weighted by Crippen LogP contribution is -2.24. The van der Waals surface area contributed by atoms with Gasteiger partial charge in [-0.3, -0.25) is 0 Å². The highest BCUT2D eigenvalue weighted by Gasteiger charge is 2.22. The monoisotopic (exact) mass is 277 g/mol. The van der Waals surface area contributed by atoms with Gasteiger partial charge in [-0.05, 0) is 44.7 Å². The second kappa shape index (κ2) is 7.21. The minimum Gasteiger partial charge on any atom is -0.388 e. The molecule has 1 aliphatic rings. The molecule has 1 aromatic carbocycles. The Balaban J connectivity index is 1.82. The summed E-state index contributed by atoms with van der Waals surface area (Å²) in [6.07, 6.45) is 1.67. The summed E-state index contributed by atoms with van der Waals surface area (Å²) in [6.45, 7) is 8.23. The van der Waals surface area contributed by atoms with Crippen LogP contribution in [-0.4, -0.2) is 43.4 Å². The second-order valence-electron chi connectivity index (χ2n) is 6.14. The molecule has 2 atom stereocenters. The van der Waals surface area contributed by atoms with Crippen molar-refractivity contribution < 1.29 is 9.84 Å². The van der Waals surface area contributed by atoms with Crippen LogP contribution in [-0.2, 0) is 4.74 Å². The molecule has 112 valence electrons. The van der Waals surface area contributed by atoms with E-state index in [2.05, 4.69) is 36.9 Å². The highest BCUT2D eigenvalue weighted by atomic mass is 16.5. The molecule has 1 fully saturated rings. The van der Waals surface area contributed by atoms with Crippen molar-refractivity contribution in [3.63, 3.8) is 0 Å². The Labute approximate surface area is 122 Å². The topological polar surface area (TPSA) is 32.7 Å². The molecular weight excluding hydrogens is 250 g/mol. The van der Waals surface area contributed by atoms with Gasteiger partial charge in [0.15, 0.2) is 0 Å². The summed E-state index contributed by atoms with van der Waals surface area (Å²) in [5.41, 5.74) is 3.50. The Bertz CT molecular complexity index is 413. The van der Waals surface area contributed by atoms with Gasteiger partial charge in [0.1, 0.15) is 0 Å². The first-order chi connectivity index (χ1) is 9.58. The van der Waals surface area contributed by atoms with Crippen LogP contribution in [0.3, 0.4) is 0 Å². The number of aliphatic hydroxyl groups is 1. The number of aliphatic hydroxyl groups excluding tert-OH is 1. The zero-order chi connectivity index (χ0) is 14.5. The molecule has 1 aliphatic heterocycles. The van der Waals surface area contributed by atoms with Gasteiger partial charge in [-0.2, -0.15) is 0 Å². The molecule has 0 amide bonds. The van der Waals surface area contributed by atoms with Gasteiger partial charge in [-0.15, -0.1) is 0 Å². The second-order valence-corrected chi connectivity index (χ2v) is 6.14. The third-order valence-electron chi connectivity index (χ3n) is 4.12. The Morgan fingerprint density at radius 3 is 2.65 bits per heavy atom. The summed E-state index contributed by atoms with van der Waals surface area (Å²) < 4.78 is 5.22. The maximum atomic E-state index is 10.3. The molecule has 0 aromatic heterocycles. The van der Waals surface area contributed by atoms with E-state index in [-0.39, 0.29) is 6.10 Å². The van der Waals surface area contributed by atoms with Crippen LogP contribution in [0.1, 0.15) is 35.6 Å². The van der Waals surface area contributed by atoms with Crippen molar-refractivity contribution in [3.05, 3.63) is 34.9 Å². The maximum absolute atomic E-state index is 10.3. The molecule has 1 saturated heterocycles. The zero-order valence-corrected chi connectivity index (χ0v) is 12.9. The summed E-state index contributed by atoms with van der Waals surface area (Å²) in [6, 6.07) is 6.33. The van der Waals surface area contributed by atoms with Crippen molar-refractivity contribution >= 4 is 0 Å². The van der Waals surface area contributed by atoms with E-state index in [1.165, 1.54) is 17.5 Å². The summed E-state index contributed by atoms with van der Waals surface area (Å²) in [5.74, 6) is 0.665. The Hall–Kier alpha value is -0.900. The van der Waals surface area contributed by atoms with Gasteiger partial charge in [0.05, 0.1) is 12.7 Å². The highest BCUT2D eigenvalue weighted by molar-refractivity contribution is 5.29. The standard InChI is InChI=1S/C17H27NO2/c1-13-8-14(2)10-16(9-13)17(19)5-7-18-6-4-15(11-18)12-20-3/h8-10,15,17,19H,4-7,11-12H2,1-3H3. The average molecular weight is 277 g/mol. The number of benzene rings is 1. The van der Waals surface area contributed by atoms with Crippen molar-refractivity contribution in [1.29, 1.82) is 0 Å². The molecule has 20 heavy (non-hydrogen) atoms. The number of nitrogens with zero attached hydrogens (tertiary/aromatic N) is 1. The van der Waals surface area contributed by atoms with Gasteiger partial charge in [-0.25, -0.2) is 0 Å². The largest absolute Gasteiger partial charge is 0.388 e. The van der Waals surface area contributed by atoms with Crippen LogP contribution in [0, 0.1) is 19.8 Å². The lowest BCUT2D eigenvalue weighted by molar-refractivity contribution is 0.137. The lowest BCUT2D eigenvalue weighted by Gasteiger charge is -2.19. The third kappa shape index (κ3) is 4.30. The number of aryl methyl sites for hydroxylation is 2. The van der Waals surface area contributed by atoms with Crippen molar-refractivity contribution in [2.24, 2.45) is 5.92 Å². The van der Waals surface area contributed by atoms with E-state index >= 15 is 0 Å². The van der Waals surface area contributed by atoms with E-state index in [1.54, 1.807) is 7.11 Å². The van der Waals surface area contributed by atoms with E-state index in [9.17, 15) is 5.11 Å². The van der Waals surface area contributed by atoms with Crippen molar-refractivity contribution in [2.75, 3.05) is 33.4 Å². The number of likely N-dealkylation sites (tertiary alicyclic amines) is 1. The van der Waals surface area contributed by atoms with Crippen LogP contribution < -0.4 is 0 Å². The number of ether oxygens (including phenoxy) is 1. The molecule has 0 bridgehead atoms. The lowest BCUT2D eigenvalue weighted by atomic mass is 10.0. The Morgan fingerprint density at radius 1 is 1.30 bits per heavy atom. The first kappa shape index (κ1) is 15.5. The van der Waals surface area contributed by atoms with Gasteiger partial charge in [-0.1, -0.05) is 29.3 Å². The van der Waals surface area contributed by atoms with Crippen LogP contribution in [0.2, 0.25) is 0 Å². The van der Waals surface area contributed by atoms with Crippen LogP contribution in [0.5, 0.6) is 0 Å². The summed E-state index contributed by atoms with van der Waals surface area (Å²) in [4.78, 5) is 2.44. The summed E-state index contributed by atoms with van der Waals surface area (Å²) in [7, 11) is 1.77. The molecule has 2 unspecified atom stereocenters. The Morgan fingerprint density at radius 2 is 2.00 bits per heavy atom. The molecule has 0 spiro atoms. The first-order valence-corrected chi connectivity index (χ1v) is 7.56. The van der Waals surface area contributed by atoms with E-state index in [0.29, 0.717) is 5.92 Å². The molecule has 1 heterocycles. The van der Waals surface area contributed by atoms with E-state index in [1.807, 2.05) is 0 Å². The fourth-order valence-corrected chi connectivity index (χ4v) is 3.16. The summed E-state index contributed by atoms with van der Waals surface area (Å²) >= 11 is 0. The van der Waals surface area contributed by atoms with Gasteiger partial charge in [0.2, 0.25) is 0 Å². The predicted molar refractivity (Wildman–Crippen MR) is 81.9 cm³/mol. The first-order valence-electron chi connectivity index (χ1n) is 7.56. The number of methoxy groups -OCH3 is 1. The molecule has 0 saturated carbocycles. The fourth-order valence-electron chi connectivity index (χ4n) is 3.16. The van der Waals surface area contributed by atoms with E-state index in [0.717, 1.165) is 38.2 Å². The number of rotatable bonds is 6. The van der Waals surface area contributed by atoms with E-state index < -0.39 is 0 Å². The molecule has 1 N–H and O–H groups in total. The predicted octanol–water partition coefficient (Wildman–Crippen LogP) is 2.70. The smallest absolute Gasteiger partial charge is 0.0802 e. The van der Waals surface area contributed by atoms with Crippen LogP contribution in [0.25, 0.3) is 0 Å². The molecule has 1 aromatic rings. The number of hydrogen-bond acceptors (Lipinski definition) is 3. The van der Waals surface area contributed by atoms with Gasteiger partial charge >= 0.3 is 0 Å². The van der Waals surface area contributed by atoms with Crippen molar-refractivity contribution in [2.45, 2.75) is 32.8 Å². The normalized spacial score (nSPS) is 21.3. The molecule has 0 aliphatic carbocycles. The molecule has 3 heteroatoms. The minimum absolute atomic E-state index is 0.352. The molecular formula is C17H27NO2. The Kier molecular flexibility index (Phi) is 5.58. The van der Waals surface area contributed by atoms with Gasteiger partial charge in [0, 0.05) is 20.2 Å². The van der Waals surface area contributed by atoms with Crippen LogP contribution in [0.4, 0.5) is 0 Å². The minimum atomic E-state index is -0.352. The maximum Gasteiger partial charge on any atom is 0.0802 e. The van der Waals surface area contributed by atoms with Crippen LogP contribution in [0.15, 0.2) is 18.2 Å². The molecule has 2 rings (SSSR count). The third-order valence-corrected chi connectivity index (χ3v) is 4.12. The number of hydrogen-bond donors (Lipinski definition) is 1. The van der Waals surface area contributed by atoms with Crippen molar-refractivity contribution in [1.82, 2.24) is 4.90 Å². The highest BCUT2D eigenvalue weighted by Crippen LogP contribution is 2.22. The van der Waals surface area contributed by atoms with Gasteiger partial charge in [0.25, 0.3) is 0 Å². The van der Waals surface area contributed by atoms with E-state index in [4.69, 9.17) is 4.74 Å². The SMILES string of the molecule is COCC1CCN(CCC(O)c2cc(C)cc(C)c2)C1. The molecule has 0 radical (unpaired) electrons. The molecule has 3 nitrogen and oxygen atoms in total. The van der Waals surface area contributed by atoms with Crippen LogP contribution >= 0.6 is 0 Å². The fraction of sp³-hybridized carbons (Fsp3) is 0.647. The van der Waals surface area contributed by atoms with Crippen molar-refractivity contribution in [3.8, 4) is 0 Å². The zero-order valence-electron chi connectivity index (χ0n) is 12.9. The quantitative estimate of drug-likeness (QED) is 0.868.